The first-order valence-corrected chi connectivity index (χ1v) is 15.6. The number of ether oxygens (including phenoxy) is 1. The summed E-state index contributed by atoms with van der Waals surface area (Å²) in [5, 5.41) is 10.7. The van der Waals surface area contributed by atoms with Crippen LogP contribution in [0.5, 0.6) is 0 Å². The van der Waals surface area contributed by atoms with Crippen molar-refractivity contribution in [2.75, 3.05) is 49.6 Å². The summed E-state index contributed by atoms with van der Waals surface area (Å²) in [6, 6.07) is 15.2. The molecule has 2 aromatic carbocycles. The van der Waals surface area contributed by atoms with Gasteiger partial charge in [0.25, 0.3) is 5.91 Å². The Morgan fingerprint density at radius 1 is 1.02 bits per heavy atom. The Kier molecular flexibility index (Phi) is 9.27. The third-order valence-electron chi connectivity index (χ3n) is 9.60. The zero-order valence-electron chi connectivity index (χ0n) is 26.0. The van der Waals surface area contributed by atoms with Crippen molar-refractivity contribution in [2.45, 2.75) is 50.5 Å². The summed E-state index contributed by atoms with van der Waals surface area (Å²) >= 11 is 0. The number of hydrogen-bond donors (Lipinski definition) is 1. The first-order chi connectivity index (χ1) is 21.3. The zero-order chi connectivity index (χ0) is 31.6. The summed E-state index contributed by atoms with van der Waals surface area (Å²) in [6.07, 6.45) is 3.87. The highest BCUT2D eigenvalue weighted by molar-refractivity contribution is 6.05. The highest BCUT2D eigenvalue weighted by Crippen LogP contribution is 2.60. The molecule has 44 heavy (non-hydrogen) atoms. The number of fused-ring (bicyclic) bond motifs is 1. The van der Waals surface area contributed by atoms with E-state index >= 15 is 0 Å². The van der Waals surface area contributed by atoms with Crippen LogP contribution in [0.3, 0.4) is 0 Å². The Hall–Kier alpha value is -3.95. The zero-order valence-corrected chi connectivity index (χ0v) is 26.0. The quantitative estimate of drug-likeness (QED) is 0.352. The molecule has 3 amide bonds. The molecule has 1 N–H and O–H groups in total. The molecule has 2 aromatic rings. The topological polar surface area (TPSA) is 93.6 Å². The maximum atomic E-state index is 14.9. The van der Waals surface area contributed by atoms with E-state index in [1.54, 1.807) is 29.0 Å². The van der Waals surface area contributed by atoms with Crippen molar-refractivity contribution in [3.05, 3.63) is 85.5 Å². The Morgan fingerprint density at radius 2 is 1.66 bits per heavy atom. The normalized spacial score (nSPS) is 25.8. The second kappa shape index (κ2) is 13.0. The van der Waals surface area contributed by atoms with E-state index in [4.69, 9.17) is 4.74 Å². The number of nitrogens with zero attached hydrogens (tertiary/aromatic N) is 4. The van der Waals surface area contributed by atoms with E-state index in [1.807, 2.05) is 54.6 Å². The van der Waals surface area contributed by atoms with Crippen molar-refractivity contribution in [3.8, 4) is 0 Å². The molecule has 6 atom stereocenters. The average Bonchev–Trinajstić information content (AvgIpc) is 3.69. The van der Waals surface area contributed by atoms with Crippen LogP contribution in [0.1, 0.15) is 38.3 Å². The van der Waals surface area contributed by atoms with Crippen molar-refractivity contribution < 1.29 is 24.2 Å². The van der Waals surface area contributed by atoms with Crippen LogP contribution in [0.15, 0.2) is 79.9 Å². The second-order valence-electron chi connectivity index (χ2n) is 11.8. The largest absolute Gasteiger partial charge is 0.394 e. The van der Waals surface area contributed by atoms with Gasteiger partial charge in [0.05, 0.1) is 30.6 Å². The number of aliphatic hydroxyl groups is 1. The summed E-state index contributed by atoms with van der Waals surface area (Å²) < 4.78 is 6.66. The molecular weight excluding hydrogens is 556 g/mol. The summed E-state index contributed by atoms with van der Waals surface area (Å²) in [7, 11) is 1.69. The molecule has 0 aromatic heterocycles. The highest BCUT2D eigenvalue weighted by atomic mass is 16.5. The number of likely N-dealkylation sites (tertiary alicyclic amines) is 1. The summed E-state index contributed by atoms with van der Waals surface area (Å²) in [5.74, 6) is -2.42. The molecule has 0 aliphatic carbocycles. The predicted octanol–water partition coefficient (Wildman–Crippen LogP) is 3.80. The summed E-state index contributed by atoms with van der Waals surface area (Å²) in [5.41, 5.74) is 1.23. The number of hydrogen-bond acceptors (Lipinski definition) is 6. The third-order valence-corrected chi connectivity index (χ3v) is 9.60. The molecule has 0 saturated carbocycles. The molecule has 5 rings (SSSR count). The molecule has 3 heterocycles. The van der Waals surface area contributed by atoms with Gasteiger partial charge in [-0.25, -0.2) is 0 Å². The molecule has 2 unspecified atom stereocenters. The fraction of sp³-hybridized carbons (Fsp3) is 0.457. The van der Waals surface area contributed by atoms with Crippen LogP contribution >= 0.6 is 0 Å². The molecule has 9 heteroatoms. The van der Waals surface area contributed by atoms with Crippen molar-refractivity contribution in [3.63, 3.8) is 0 Å². The molecule has 3 aliphatic heterocycles. The van der Waals surface area contributed by atoms with E-state index in [0.29, 0.717) is 30.6 Å². The van der Waals surface area contributed by atoms with E-state index in [9.17, 15) is 19.5 Å². The van der Waals surface area contributed by atoms with Crippen molar-refractivity contribution in [2.24, 2.45) is 11.8 Å². The van der Waals surface area contributed by atoms with Crippen molar-refractivity contribution >= 4 is 29.1 Å². The van der Waals surface area contributed by atoms with Gasteiger partial charge in [-0.3, -0.25) is 14.4 Å². The molecular formula is C35H44N4O5. The van der Waals surface area contributed by atoms with Crippen LogP contribution < -0.4 is 9.80 Å². The van der Waals surface area contributed by atoms with E-state index in [1.165, 1.54) is 4.90 Å². The lowest BCUT2D eigenvalue weighted by Gasteiger charge is -2.39. The number of carbonyl (C=O) groups is 3. The van der Waals surface area contributed by atoms with Crippen LogP contribution in [0, 0.1) is 11.8 Å². The summed E-state index contributed by atoms with van der Waals surface area (Å²) in [6.45, 7) is 13.7. The predicted molar refractivity (Wildman–Crippen MR) is 171 cm³/mol. The van der Waals surface area contributed by atoms with Gasteiger partial charge in [0.1, 0.15) is 11.6 Å². The first-order valence-electron chi connectivity index (χ1n) is 15.6. The van der Waals surface area contributed by atoms with Crippen LogP contribution in [-0.2, 0) is 19.1 Å². The van der Waals surface area contributed by atoms with E-state index in [-0.39, 0.29) is 30.9 Å². The van der Waals surface area contributed by atoms with Gasteiger partial charge in [-0.05, 0) is 56.5 Å². The second-order valence-corrected chi connectivity index (χ2v) is 11.8. The number of anilines is 2. The average molecular weight is 601 g/mol. The summed E-state index contributed by atoms with van der Waals surface area (Å²) in [4.78, 5) is 50.2. The fourth-order valence-electron chi connectivity index (χ4n) is 7.59. The van der Waals surface area contributed by atoms with E-state index < -0.39 is 35.6 Å². The third kappa shape index (κ3) is 5.12. The maximum absolute atomic E-state index is 14.9. The number of carbonyl (C=O) groups excluding carboxylic acids is 3. The molecule has 234 valence electrons. The Labute approximate surface area is 260 Å². The van der Waals surface area contributed by atoms with Crippen LogP contribution in [0.25, 0.3) is 0 Å². The Bertz CT molecular complexity index is 1380. The minimum atomic E-state index is -1.20. The minimum absolute atomic E-state index is 0.196. The Balaban J connectivity index is 1.60. The number of rotatable bonds is 13. The number of benzene rings is 2. The van der Waals surface area contributed by atoms with Gasteiger partial charge in [-0.2, -0.15) is 0 Å². The monoisotopic (exact) mass is 600 g/mol. The van der Waals surface area contributed by atoms with Gasteiger partial charge in [0, 0.05) is 44.6 Å². The molecule has 2 bridgehead atoms. The molecule has 0 radical (unpaired) electrons. The number of amides is 3. The van der Waals surface area contributed by atoms with Crippen LogP contribution in [-0.4, -0.2) is 90.2 Å². The van der Waals surface area contributed by atoms with Gasteiger partial charge in [0.2, 0.25) is 11.8 Å². The minimum Gasteiger partial charge on any atom is -0.394 e. The first kappa shape index (κ1) is 31.5. The molecule has 3 fully saturated rings. The molecule has 3 aliphatic rings. The lowest BCUT2D eigenvalue weighted by molar-refractivity contribution is -0.147. The van der Waals surface area contributed by atoms with Crippen LogP contribution in [0.2, 0.25) is 0 Å². The van der Waals surface area contributed by atoms with Crippen molar-refractivity contribution in [1.29, 1.82) is 0 Å². The molecule has 9 nitrogen and oxygen atoms in total. The van der Waals surface area contributed by atoms with Gasteiger partial charge in [-0.15, -0.1) is 13.2 Å². The van der Waals surface area contributed by atoms with E-state index in [2.05, 4.69) is 31.9 Å². The van der Waals surface area contributed by atoms with Gasteiger partial charge in [-0.1, -0.05) is 42.5 Å². The number of likely N-dealkylation sites (N-methyl/N-ethyl adjacent to an activating group) is 1. The van der Waals surface area contributed by atoms with Gasteiger partial charge < -0.3 is 29.4 Å². The molecule has 1 spiro atoms. The van der Waals surface area contributed by atoms with Crippen molar-refractivity contribution in [1.82, 2.24) is 9.80 Å². The van der Waals surface area contributed by atoms with E-state index in [0.717, 1.165) is 18.8 Å². The fourth-order valence-corrected chi connectivity index (χ4v) is 7.59. The maximum Gasteiger partial charge on any atom is 0.253 e. The lowest BCUT2D eigenvalue weighted by atomic mass is 9.70. The SMILES string of the molecule is C=CCN(C)C(=O)[C@@H]1[C@@H]2CCC3(O2)C(C(=O)N(CC=C)c2ccc(N(CC)CC)cc2)N([C@H](CO)c2ccccc2)C(=O)[C@H]13. The lowest BCUT2D eigenvalue weighted by Crippen LogP contribution is -2.57. The highest BCUT2D eigenvalue weighted by Gasteiger charge is 2.75. The number of aliphatic hydroxyl groups excluding tert-OH is 1. The smallest absolute Gasteiger partial charge is 0.253 e. The molecule has 3 saturated heterocycles. The Morgan fingerprint density at radius 3 is 2.25 bits per heavy atom. The van der Waals surface area contributed by atoms with Gasteiger partial charge >= 0.3 is 0 Å². The standard InChI is InChI=1S/C35H44N4O5/c1-6-21-36(5)32(41)29-28-19-20-35(44-28)30(29)33(42)39(27(23-40)24-13-11-10-12-14-24)31(35)34(43)38(22-7-2)26-17-15-25(16-18-26)37(8-3)9-4/h6-7,10-18,27-31,40H,1-2,8-9,19-23H2,3-5H3/t27-,28+,29-,30+,31?,35?/m1/s1. The van der Waals surface area contributed by atoms with Gasteiger partial charge in [0.15, 0.2) is 0 Å². The van der Waals surface area contributed by atoms with Crippen LogP contribution in [0.4, 0.5) is 11.4 Å².